The molecule has 1 aromatic rings. The third-order valence-corrected chi connectivity index (χ3v) is 2.47. The minimum Gasteiger partial charge on any atom is -0.465 e. The first-order valence-corrected chi connectivity index (χ1v) is 6.39. The maximum atomic E-state index is 11.0. The molecule has 112 valence electrons. The van der Waals surface area contributed by atoms with Crippen molar-refractivity contribution in [3.8, 4) is 5.75 Å². The SMILES string of the molecule is CCc1cc(CC)cc(OC(=O)NC)c1.CNC(=O)O. The molecule has 0 radical (unpaired) electrons. The zero-order chi connectivity index (χ0) is 15.5. The van der Waals surface area contributed by atoms with E-state index in [1.807, 2.05) is 17.4 Å². The van der Waals surface area contributed by atoms with Gasteiger partial charge in [-0.15, -0.1) is 0 Å². The average molecular weight is 282 g/mol. The van der Waals surface area contributed by atoms with Gasteiger partial charge >= 0.3 is 12.2 Å². The van der Waals surface area contributed by atoms with Crippen LogP contribution in [0, 0.1) is 0 Å². The van der Waals surface area contributed by atoms with Crippen LogP contribution in [0.5, 0.6) is 5.75 Å². The Kier molecular flexibility index (Phi) is 8.58. The number of carbonyl (C=O) groups is 2. The van der Waals surface area contributed by atoms with E-state index in [1.165, 1.54) is 18.2 Å². The first kappa shape index (κ1) is 17.8. The van der Waals surface area contributed by atoms with Crippen LogP contribution in [0.2, 0.25) is 0 Å². The molecule has 20 heavy (non-hydrogen) atoms. The van der Waals surface area contributed by atoms with E-state index in [2.05, 4.69) is 25.2 Å². The highest BCUT2D eigenvalue weighted by Gasteiger charge is 2.04. The number of rotatable bonds is 3. The van der Waals surface area contributed by atoms with Crippen LogP contribution >= 0.6 is 0 Å². The molecule has 0 aliphatic heterocycles. The standard InChI is InChI=1S/C12H17NO2.C2H5NO2/c1-4-9-6-10(5-2)8-11(7-9)15-12(14)13-3;1-3-2(4)5/h6-8H,4-5H2,1-3H3,(H,13,14);3H,1H3,(H,4,5). The summed E-state index contributed by atoms with van der Waals surface area (Å²) >= 11 is 0. The quantitative estimate of drug-likeness (QED) is 0.794. The number of hydrogen-bond donors (Lipinski definition) is 3. The van der Waals surface area contributed by atoms with Crippen molar-refractivity contribution in [3.05, 3.63) is 29.3 Å². The van der Waals surface area contributed by atoms with Crippen LogP contribution in [0.15, 0.2) is 18.2 Å². The molecular weight excluding hydrogens is 260 g/mol. The molecule has 0 bridgehead atoms. The Bertz CT molecular complexity index is 425. The van der Waals surface area contributed by atoms with Crippen molar-refractivity contribution in [1.82, 2.24) is 10.6 Å². The number of amides is 2. The number of aryl methyl sites for hydroxylation is 2. The van der Waals surface area contributed by atoms with E-state index in [9.17, 15) is 9.59 Å². The molecule has 0 atom stereocenters. The minimum absolute atomic E-state index is 0.426. The molecule has 0 spiro atoms. The summed E-state index contributed by atoms with van der Waals surface area (Å²) in [7, 11) is 2.90. The van der Waals surface area contributed by atoms with Gasteiger partial charge in [0.1, 0.15) is 5.75 Å². The second kappa shape index (κ2) is 9.66. The Balaban J connectivity index is 0.000000621. The van der Waals surface area contributed by atoms with Gasteiger partial charge in [-0.1, -0.05) is 19.9 Å². The number of nitrogens with one attached hydrogen (secondary N) is 2. The maximum absolute atomic E-state index is 11.0. The van der Waals surface area contributed by atoms with E-state index in [0.29, 0.717) is 5.75 Å². The van der Waals surface area contributed by atoms with E-state index in [0.717, 1.165) is 12.8 Å². The van der Waals surface area contributed by atoms with Crippen LogP contribution in [0.4, 0.5) is 9.59 Å². The molecule has 6 nitrogen and oxygen atoms in total. The molecule has 0 aliphatic rings. The topological polar surface area (TPSA) is 87.7 Å². The predicted molar refractivity (Wildman–Crippen MR) is 77.4 cm³/mol. The fourth-order valence-corrected chi connectivity index (χ4v) is 1.35. The van der Waals surface area contributed by atoms with Gasteiger partial charge in [0.25, 0.3) is 0 Å². The minimum atomic E-state index is -0.995. The Morgan fingerprint density at radius 3 is 1.80 bits per heavy atom. The van der Waals surface area contributed by atoms with Crippen molar-refractivity contribution in [2.24, 2.45) is 0 Å². The van der Waals surface area contributed by atoms with Crippen molar-refractivity contribution in [2.75, 3.05) is 14.1 Å². The highest BCUT2D eigenvalue weighted by atomic mass is 16.5. The van der Waals surface area contributed by atoms with Crippen LogP contribution in [-0.4, -0.2) is 31.4 Å². The number of hydrogen-bond acceptors (Lipinski definition) is 3. The third kappa shape index (κ3) is 7.25. The predicted octanol–water partition coefficient (Wildman–Crippen LogP) is 2.41. The lowest BCUT2D eigenvalue weighted by Gasteiger charge is -2.07. The smallest absolute Gasteiger partial charge is 0.412 e. The Labute approximate surface area is 119 Å². The number of carboxylic acid groups (broad SMARTS) is 1. The molecule has 0 unspecified atom stereocenters. The average Bonchev–Trinajstić information content (AvgIpc) is 2.47. The Hall–Kier alpha value is -2.24. The highest BCUT2D eigenvalue weighted by molar-refractivity contribution is 5.70. The molecule has 0 saturated carbocycles. The zero-order valence-corrected chi connectivity index (χ0v) is 12.3. The lowest BCUT2D eigenvalue weighted by molar-refractivity contribution is 0.197. The van der Waals surface area contributed by atoms with Crippen molar-refractivity contribution in [2.45, 2.75) is 26.7 Å². The van der Waals surface area contributed by atoms with Gasteiger partial charge in [0.15, 0.2) is 0 Å². The van der Waals surface area contributed by atoms with E-state index >= 15 is 0 Å². The molecule has 0 saturated heterocycles. The summed E-state index contributed by atoms with van der Waals surface area (Å²) in [6.07, 6.45) is 0.464. The van der Waals surface area contributed by atoms with Crippen LogP contribution in [0.25, 0.3) is 0 Å². The van der Waals surface area contributed by atoms with Gasteiger partial charge in [-0.25, -0.2) is 9.59 Å². The molecular formula is C14H22N2O4. The van der Waals surface area contributed by atoms with Crippen LogP contribution in [0.3, 0.4) is 0 Å². The number of ether oxygens (including phenoxy) is 1. The lowest BCUT2D eigenvalue weighted by atomic mass is 10.1. The van der Waals surface area contributed by atoms with Gasteiger partial charge in [0, 0.05) is 14.1 Å². The molecule has 1 rings (SSSR count). The van der Waals surface area contributed by atoms with Gasteiger partial charge in [0.2, 0.25) is 0 Å². The monoisotopic (exact) mass is 282 g/mol. The summed E-state index contributed by atoms with van der Waals surface area (Å²) in [5, 5.41) is 12.0. The van der Waals surface area contributed by atoms with Gasteiger partial charge in [-0.3, -0.25) is 0 Å². The molecule has 1 aromatic carbocycles. The summed E-state index contributed by atoms with van der Waals surface area (Å²) in [6.45, 7) is 4.16. The van der Waals surface area contributed by atoms with Gasteiger partial charge in [0.05, 0.1) is 0 Å². The first-order valence-electron chi connectivity index (χ1n) is 6.39. The van der Waals surface area contributed by atoms with Gasteiger partial charge in [-0.2, -0.15) is 0 Å². The Morgan fingerprint density at radius 2 is 1.50 bits per heavy atom. The summed E-state index contributed by atoms with van der Waals surface area (Å²) in [5.41, 5.74) is 2.38. The first-order chi connectivity index (χ1) is 9.46. The van der Waals surface area contributed by atoms with E-state index in [4.69, 9.17) is 9.84 Å². The zero-order valence-electron chi connectivity index (χ0n) is 12.3. The van der Waals surface area contributed by atoms with Crippen molar-refractivity contribution < 1.29 is 19.4 Å². The molecule has 0 fully saturated rings. The van der Waals surface area contributed by atoms with E-state index in [-0.39, 0.29) is 0 Å². The van der Waals surface area contributed by atoms with Crippen molar-refractivity contribution in [1.29, 1.82) is 0 Å². The maximum Gasteiger partial charge on any atom is 0.412 e. The number of benzene rings is 1. The van der Waals surface area contributed by atoms with Crippen LogP contribution in [0.1, 0.15) is 25.0 Å². The van der Waals surface area contributed by atoms with E-state index in [1.54, 1.807) is 7.05 Å². The second-order valence-corrected chi connectivity index (χ2v) is 3.89. The molecule has 6 heteroatoms. The summed E-state index contributed by atoms with van der Waals surface area (Å²) in [4.78, 5) is 20.3. The summed E-state index contributed by atoms with van der Waals surface area (Å²) in [6, 6.07) is 5.93. The van der Waals surface area contributed by atoms with Crippen LogP contribution < -0.4 is 15.4 Å². The largest absolute Gasteiger partial charge is 0.465 e. The fourth-order valence-electron chi connectivity index (χ4n) is 1.35. The summed E-state index contributed by atoms with van der Waals surface area (Å²) < 4.78 is 5.10. The molecule has 2 amide bonds. The third-order valence-electron chi connectivity index (χ3n) is 2.47. The second-order valence-electron chi connectivity index (χ2n) is 3.89. The lowest BCUT2D eigenvalue weighted by Crippen LogP contribution is -2.22. The van der Waals surface area contributed by atoms with Gasteiger partial charge < -0.3 is 20.5 Å². The van der Waals surface area contributed by atoms with Crippen molar-refractivity contribution >= 4 is 12.2 Å². The van der Waals surface area contributed by atoms with Crippen molar-refractivity contribution in [3.63, 3.8) is 0 Å². The van der Waals surface area contributed by atoms with E-state index < -0.39 is 12.2 Å². The summed E-state index contributed by atoms with van der Waals surface area (Å²) in [5.74, 6) is 0.616. The molecule has 0 aromatic heterocycles. The normalized spacial score (nSPS) is 9.00. The van der Waals surface area contributed by atoms with Gasteiger partial charge in [-0.05, 0) is 36.1 Å². The molecule has 0 aliphatic carbocycles. The molecule has 0 heterocycles. The molecule has 3 N–H and O–H groups in total. The Morgan fingerprint density at radius 1 is 1.05 bits per heavy atom. The van der Waals surface area contributed by atoms with Crippen LogP contribution in [-0.2, 0) is 12.8 Å². The fraction of sp³-hybridized carbons (Fsp3) is 0.429. The number of carbonyl (C=O) groups excluding carboxylic acids is 1. The highest BCUT2D eigenvalue weighted by Crippen LogP contribution is 2.18.